The molecule has 0 aromatic heterocycles. The van der Waals surface area contributed by atoms with Gasteiger partial charge >= 0.3 is 0 Å². The first-order chi connectivity index (χ1) is 9.00. The van der Waals surface area contributed by atoms with Crippen LogP contribution in [0.3, 0.4) is 0 Å². The molecule has 1 fully saturated rings. The lowest BCUT2D eigenvalue weighted by molar-refractivity contribution is 0.370. The van der Waals surface area contributed by atoms with E-state index in [1.807, 2.05) is 6.92 Å². The molecular weight excluding hydrogens is 330 g/mol. The van der Waals surface area contributed by atoms with Crippen molar-refractivity contribution in [2.24, 2.45) is 0 Å². The highest BCUT2D eigenvalue weighted by Crippen LogP contribution is 2.33. The van der Waals surface area contributed by atoms with E-state index in [1.54, 1.807) is 22.5 Å². The average Bonchev–Trinajstić information content (AvgIpc) is 2.87. The van der Waals surface area contributed by atoms with E-state index in [1.165, 1.54) is 7.11 Å². The van der Waals surface area contributed by atoms with Crippen LogP contribution >= 0.6 is 15.9 Å². The molecule has 0 N–H and O–H groups in total. The summed E-state index contributed by atoms with van der Waals surface area (Å²) in [6.07, 6.45) is 2.70. The van der Waals surface area contributed by atoms with Crippen molar-refractivity contribution in [2.45, 2.75) is 37.1 Å². The van der Waals surface area contributed by atoms with Gasteiger partial charge in [-0.15, -0.1) is 0 Å². The molecule has 0 saturated carbocycles. The molecule has 1 saturated heterocycles. The van der Waals surface area contributed by atoms with Crippen LogP contribution in [-0.2, 0) is 10.0 Å². The fraction of sp³-hybridized carbons (Fsp3) is 0.538. The van der Waals surface area contributed by atoms with E-state index >= 15 is 0 Å². The topological polar surface area (TPSA) is 46.6 Å². The molecule has 1 aromatic rings. The number of benzene rings is 1. The highest BCUT2D eigenvalue weighted by Gasteiger charge is 2.35. The van der Waals surface area contributed by atoms with Crippen molar-refractivity contribution in [1.82, 2.24) is 4.31 Å². The van der Waals surface area contributed by atoms with Gasteiger partial charge in [0.05, 0.1) is 7.11 Å². The summed E-state index contributed by atoms with van der Waals surface area (Å²) in [4.78, 5) is 0.240. The third-order valence-electron chi connectivity index (χ3n) is 3.51. The minimum absolute atomic E-state index is 0.105. The van der Waals surface area contributed by atoms with Gasteiger partial charge in [0.25, 0.3) is 0 Å². The number of hydrogen-bond acceptors (Lipinski definition) is 3. The molecule has 2 rings (SSSR count). The monoisotopic (exact) mass is 347 g/mol. The maximum absolute atomic E-state index is 12.8. The molecule has 0 amide bonds. The van der Waals surface area contributed by atoms with Crippen LogP contribution in [0.4, 0.5) is 0 Å². The summed E-state index contributed by atoms with van der Waals surface area (Å²) in [5, 5.41) is 0. The molecule has 4 nitrogen and oxygen atoms in total. The third-order valence-corrected chi connectivity index (χ3v) is 5.97. The highest BCUT2D eigenvalue weighted by molar-refractivity contribution is 9.10. The lowest BCUT2D eigenvalue weighted by Crippen LogP contribution is -2.35. The normalized spacial score (nSPS) is 20.7. The van der Waals surface area contributed by atoms with Gasteiger partial charge in [0.1, 0.15) is 10.6 Å². The number of ether oxygens (including phenoxy) is 1. The standard InChI is InChI=1S/C13H18BrNO3S/c1-3-11-5-4-8-15(11)19(16,17)13-9-10(14)6-7-12(13)18-2/h6-7,9,11H,3-5,8H2,1-2H3. The summed E-state index contributed by atoms with van der Waals surface area (Å²) in [5.41, 5.74) is 0. The van der Waals surface area contributed by atoms with Gasteiger partial charge in [0, 0.05) is 17.1 Å². The Morgan fingerprint density at radius 2 is 2.21 bits per heavy atom. The number of rotatable bonds is 4. The summed E-state index contributed by atoms with van der Waals surface area (Å²) in [7, 11) is -2.00. The van der Waals surface area contributed by atoms with Crippen molar-refractivity contribution in [3.8, 4) is 5.75 Å². The summed E-state index contributed by atoms with van der Waals surface area (Å²) in [5.74, 6) is 0.393. The molecular formula is C13H18BrNO3S. The second-order valence-corrected chi connectivity index (χ2v) is 7.39. The van der Waals surface area contributed by atoms with Crippen LogP contribution in [0.1, 0.15) is 26.2 Å². The maximum Gasteiger partial charge on any atom is 0.247 e. The zero-order valence-electron chi connectivity index (χ0n) is 11.1. The van der Waals surface area contributed by atoms with Crippen molar-refractivity contribution in [2.75, 3.05) is 13.7 Å². The van der Waals surface area contributed by atoms with E-state index in [2.05, 4.69) is 15.9 Å². The average molecular weight is 348 g/mol. The maximum atomic E-state index is 12.8. The fourth-order valence-corrected chi connectivity index (χ4v) is 4.98. The number of methoxy groups -OCH3 is 1. The van der Waals surface area contributed by atoms with Gasteiger partial charge < -0.3 is 4.74 Å². The molecule has 1 aliphatic heterocycles. The van der Waals surface area contributed by atoms with Crippen molar-refractivity contribution in [3.05, 3.63) is 22.7 Å². The third kappa shape index (κ3) is 2.80. The zero-order chi connectivity index (χ0) is 14.0. The Morgan fingerprint density at radius 1 is 1.47 bits per heavy atom. The molecule has 19 heavy (non-hydrogen) atoms. The summed E-state index contributed by atoms with van der Waals surface area (Å²) < 4.78 is 33.1. The minimum atomic E-state index is -3.49. The molecule has 0 bridgehead atoms. The lowest BCUT2D eigenvalue weighted by atomic mass is 10.2. The van der Waals surface area contributed by atoms with E-state index in [4.69, 9.17) is 4.74 Å². The second-order valence-electron chi connectivity index (χ2n) is 4.62. The first kappa shape index (κ1) is 14.8. The summed E-state index contributed by atoms with van der Waals surface area (Å²) >= 11 is 3.32. The largest absolute Gasteiger partial charge is 0.495 e. The van der Waals surface area contributed by atoms with Gasteiger partial charge in [-0.05, 0) is 37.5 Å². The van der Waals surface area contributed by atoms with Gasteiger partial charge in [-0.2, -0.15) is 4.31 Å². The first-order valence-corrected chi connectivity index (χ1v) is 8.59. The Hall–Kier alpha value is -0.590. The van der Waals surface area contributed by atoms with Crippen LogP contribution in [0, 0.1) is 0 Å². The number of hydrogen-bond donors (Lipinski definition) is 0. The minimum Gasteiger partial charge on any atom is -0.495 e. The first-order valence-electron chi connectivity index (χ1n) is 6.36. The van der Waals surface area contributed by atoms with E-state index in [0.29, 0.717) is 12.3 Å². The molecule has 1 heterocycles. The summed E-state index contributed by atoms with van der Waals surface area (Å²) in [6.45, 7) is 2.62. The molecule has 0 spiro atoms. The molecule has 1 atom stereocenters. The van der Waals surface area contributed by atoms with Crippen molar-refractivity contribution < 1.29 is 13.2 Å². The van der Waals surface area contributed by atoms with Crippen LogP contribution in [0.5, 0.6) is 5.75 Å². The molecule has 6 heteroatoms. The smallest absolute Gasteiger partial charge is 0.247 e. The zero-order valence-corrected chi connectivity index (χ0v) is 13.5. The molecule has 1 aliphatic rings. The predicted molar refractivity (Wildman–Crippen MR) is 77.9 cm³/mol. The van der Waals surface area contributed by atoms with E-state index in [0.717, 1.165) is 23.7 Å². The van der Waals surface area contributed by atoms with E-state index < -0.39 is 10.0 Å². The van der Waals surface area contributed by atoms with Gasteiger partial charge in [-0.3, -0.25) is 0 Å². The molecule has 0 radical (unpaired) electrons. The SMILES string of the molecule is CCC1CCCN1S(=O)(=O)c1cc(Br)ccc1OC. The molecule has 1 unspecified atom stereocenters. The molecule has 0 aliphatic carbocycles. The van der Waals surface area contributed by atoms with Crippen LogP contribution in [0.25, 0.3) is 0 Å². The van der Waals surface area contributed by atoms with Gasteiger partial charge in [-0.1, -0.05) is 22.9 Å². The van der Waals surface area contributed by atoms with Crippen molar-refractivity contribution in [3.63, 3.8) is 0 Å². The summed E-state index contributed by atoms with van der Waals surface area (Å²) in [6, 6.07) is 5.17. The number of nitrogens with zero attached hydrogens (tertiary/aromatic N) is 1. The number of sulfonamides is 1. The lowest BCUT2D eigenvalue weighted by Gasteiger charge is -2.24. The van der Waals surface area contributed by atoms with Crippen LogP contribution < -0.4 is 4.74 Å². The quantitative estimate of drug-likeness (QED) is 0.840. The Labute approximate surface area is 122 Å². The van der Waals surface area contributed by atoms with E-state index in [-0.39, 0.29) is 10.9 Å². The molecule has 1 aromatic carbocycles. The Kier molecular flexibility index (Phi) is 4.53. The van der Waals surface area contributed by atoms with Gasteiger partial charge in [0.2, 0.25) is 10.0 Å². The van der Waals surface area contributed by atoms with Gasteiger partial charge in [-0.25, -0.2) is 8.42 Å². The predicted octanol–water partition coefficient (Wildman–Crippen LogP) is 3.02. The highest BCUT2D eigenvalue weighted by atomic mass is 79.9. The number of halogens is 1. The van der Waals surface area contributed by atoms with Crippen LogP contribution in [-0.4, -0.2) is 32.4 Å². The van der Waals surface area contributed by atoms with Crippen LogP contribution in [0.2, 0.25) is 0 Å². The Balaban J connectivity index is 2.47. The Morgan fingerprint density at radius 3 is 2.84 bits per heavy atom. The van der Waals surface area contributed by atoms with Crippen molar-refractivity contribution >= 4 is 26.0 Å². The van der Waals surface area contributed by atoms with E-state index in [9.17, 15) is 8.42 Å². The van der Waals surface area contributed by atoms with Crippen molar-refractivity contribution in [1.29, 1.82) is 0 Å². The second kappa shape index (κ2) is 5.81. The fourth-order valence-electron chi connectivity index (χ4n) is 2.51. The van der Waals surface area contributed by atoms with Gasteiger partial charge in [0.15, 0.2) is 0 Å². The van der Waals surface area contributed by atoms with Crippen LogP contribution in [0.15, 0.2) is 27.6 Å². The molecule has 106 valence electrons. The Bertz CT molecular complexity index is 559.